The Morgan fingerprint density at radius 3 is 2.87 bits per heavy atom. The molecule has 0 radical (unpaired) electrons. The van der Waals surface area contributed by atoms with Gasteiger partial charge in [-0.3, -0.25) is 4.79 Å². The van der Waals surface area contributed by atoms with Crippen molar-refractivity contribution in [3.05, 3.63) is 29.6 Å². The van der Waals surface area contributed by atoms with Crippen LogP contribution < -0.4 is 5.32 Å². The van der Waals surface area contributed by atoms with E-state index in [1.54, 1.807) is 6.07 Å². The maximum absolute atomic E-state index is 13.2. The van der Waals surface area contributed by atoms with E-state index >= 15 is 0 Å². The smallest absolute Gasteiger partial charge is 0.225 e. The number of nitriles is 1. The molecule has 0 fully saturated rings. The minimum Gasteiger partial charge on any atom is -0.324 e. The Morgan fingerprint density at radius 1 is 1.60 bits per heavy atom. The fourth-order valence-electron chi connectivity index (χ4n) is 0.985. The second-order valence-electron chi connectivity index (χ2n) is 2.79. The third kappa shape index (κ3) is 3.22. The van der Waals surface area contributed by atoms with Gasteiger partial charge < -0.3 is 5.32 Å². The van der Waals surface area contributed by atoms with Crippen molar-refractivity contribution >= 4 is 23.2 Å². The maximum Gasteiger partial charge on any atom is 0.225 e. The van der Waals surface area contributed by atoms with E-state index in [1.807, 2.05) is 0 Å². The van der Waals surface area contributed by atoms with E-state index in [0.29, 0.717) is 0 Å². The molecule has 0 spiro atoms. The first-order valence-corrected chi connectivity index (χ1v) is 4.76. The van der Waals surface area contributed by atoms with Gasteiger partial charge in [0.15, 0.2) is 0 Å². The highest BCUT2D eigenvalue weighted by Crippen LogP contribution is 2.15. The van der Waals surface area contributed by atoms with Gasteiger partial charge in [0, 0.05) is 12.3 Å². The summed E-state index contributed by atoms with van der Waals surface area (Å²) < 4.78 is 13.2. The average Bonchev–Trinajstić information content (AvgIpc) is 2.21. The lowest BCUT2D eigenvalue weighted by atomic mass is 10.2. The highest BCUT2D eigenvalue weighted by Gasteiger charge is 2.06. The van der Waals surface area contributed by atoms with Gasteiger partial charge in [-0.1, -0.05) is 0 Å². The Hall–Kier alpha value is -1.60. The molecule has 5 heteroatoms. The molecule has 0 saturated carbocycles. The van der Waals surface area contributed by atoms with Gasteiger partial charge >= 0.3 is 0 Å². The van der Waals surface area contributed by atoms with Crippen molar-refractivity contribution in [3.63, 3.8) is 0 Å². The molecule has 0 bridgehead atoms. The fourth-order valence-corrected chi connectivity index (χ4v) is 1.16. The number of alkyl halides is 1. The first-order valence-electron chi connectivity index (χ1n) is 4.23. The zero-order chi connectivity index (χ0) is 11.3. The Morgan fingerprint density at radius 2 is 2.33 bits per heavy atom. The third-order valence-electron chi connectivity index (χ3n) is 1.69. The molecule has 0 aliphatic rings. The molecule has 78 valence electrons. The molecule has 1 aromatic rings. The molecule has 0 heterocycles. The molecular weight excluding hydrogens is 219 g/mol. The predicted molar refractivity (Wildman–Crippen MR) is 55.1 cm³/mol. The maximum atomic E-state index is 13.2. The number of hydrogen-bond donors (Lipinski definition) is 1. The topological polar surface area (TPSA) is 52.9 Å². The van der Waals surface area contributed by atoms with Gasteiger partial charge in [0.05, 0.1) is 17.3 Å². The van der Waals surface area contributed by atoms with Gasteiger partial charge in [-0.25, -0.2) is 4.39 Å². The van der Waals surface area contributed by atoms with Crippen LogP contribution in [0.2, 0.25) is 0 Å². The summed E-state index contributed by atoms with van der Waals surface area (Å²) in [5.74, 6) is -0.797. The lowest BCUT2D eigenvalue weighted by molar-refractivity contribution is -0.115. The Labute approximate surface area is 91.5 Å². The lowest BCUT2D eigenvalue weighted by Crippen LogP contribution is -2.12. The second-order valence-corrected chi connectivity index (χ2v) is 3.17. The molecule has 0 unspecified atom stereocenters. The highest BCUT2D eigenvalue weighted by molar-refractivity contribution is 6.19. The summed E-state index contributed by atoms with van der Waals surface area (Å²) in [5, 5.41) is 10.9. The van der Waals surface area contributed by atoms with E-state index < -0.39 is 5.82 Å². The van der Waals surface area contributed by atoms with E-state index in [2.05, 4.69) is 5.32 Å². The second kappa shape index (κ2) is 5.32. The van der Waals surface area contributed by atoms with Gasteiger partial charge in [-0.2, -0.15) is 5.26 Å². The molecule has 3 nitrogen and oxygen atoms in total. The first kappa shape index (κ1) is 11.5. The van der Waals surface area contributed by atoms with Crippen molar-refractivity contribution in [3.8, 4) is 6.07 Å². The van der Waals surface area contributed by atoms with Crippen molar-refractivity contribution in [2.75, 3.05) is 11.2 Å². The molecule has 1 aromatic carbocycles. The first-order chi connectivity index (χ1) is 7.17. The summed E-state index contributed by atoms with van der Waals surface area (Å²) in [4.78, 5) is 11.1. The summed E-state index contributed by atoms with van der Waals surface area (Å²) in [7, 11) is 0. The van der Waals surface area contributed by atoms with Crippen LogP contribution in [-0.4, -0.2) is 11.8 Å². The monoisotopic (exact) mass is 226 g/mol. The van der Waals surface area contributed by atoms with E-state index in [1.165, 1.54) is 12.1 Å². The summed E-state index contributed by atoms with van der Waals surface area (Å²) in [6, 6.07) is 5.64. The minimum absolute atomic E-state index is 0.0594. The molecule has 1 rings (SSSR count). The molecule has 15 heavy (non-hydrogen) atoms. The Balaban J connectivity index is 2.79. The molecule has 0 aliphatic carbocycles. The molecule has 0 saturated heterocycles. The molecule has 1 N–H and O–H groups in total. The van der Waals surface area contributed by atoms with Crippen LogP contribution >= 0.6 is 11.6 Å². The zero-order valence-corrected chi connectivity index (χ0v) is 8.51. The number of anilines is 1. The number of amides is 1. The number of benzene rings is 1. The van der Waals surface area contributed by atoms with Crippen molar-refractivity contribution < 1.29 is 9.18 Å². The van der Waals surface area contributed by atoms with E-state index in [4.69, 9.17) is 16.9 Å². The van der Waals surface area contributed by atoms with Crippen LogP contribution in [0.1, 0.15) is 12.0 Å². The van der Waals surface area contributed by atoms with Crippen LogP contribution in [0.25, 0.3) is 0 Å². The quantitative estimate of drug-likeness (QED) is 0.804. The SMILES string of the molecule is N#Cc1ccc(NC(=O)CCCl)c(F)c1. The highest BCUT2D eigenvalue weighted by atomic mass is 35.5. The molecular formula is C10H8ClFN2O. The van der Waals surface area contributed by atoms with Crippen molar-refractivity contribution in [1.29, 1.82) is 5.26 Å². The summed E-state index contributed by atoms with van der Waals surface area (Å²) in [5.41, 5.74) is 0.270. The number of nitrogens with one attached hydrogen (secondary N) is 1. The van der Waals surface area contributed by atoms with Crippen molar-refractivity contribution in [2.24, 2.45) is 0 Å². The number of carbonyl (C=O) groups excluding carboxylic acids is 1. The van der Waals surface area contributed by atoms with Crippen LogP contribution in [0.5, 0.6) is 0 Å². The fraction of sp³-hybridized carbons (Fsp3) is 0.200. The van der Waals surface area contributed by atoms with Gasteiger partial charge in [0.25, 0.3) is 0 Å². The Kier molecular flexibility index (Phi) is 4.07. The molecule has 0 aromatic heterocycles. The van der Waals surface area contributed by atoms with Crippen LogP contribution in [0, 0.1) is 17.1 Å². The standard InChI is InChI=1S/C10H8ClFN2O/c11-4-3-10(15)14-9-2-1-7(6-13)5-8(9)12/h1-2,5H,3-4H2,(H,14,15). The van der Waals surface area contributed by atoms with Crippen molar-refractivity contribution in [1.82, 2.24) is 0 Å². The van der Waals surface area contributed by atoms with E-state index in [0.717, 1.165) is 6.07 Å². The number of carbonyl (C=O) groups is 1. The van der Waals surface area contributed by atoms with Crippen LogP contribution in [0.3, 0.4) is 0 Å². The molecule has 0 aliphatic heterocycles. The normalized spacial score (nSPS) is 9.40. The van der Waals surface area contributed by atoms with Crippen LogP contribution in [0.15, 0.2) is 18.2 Å². The van der Waals surface area contributed by atoms with Crippen molar-refractivity contribution in [2.45, 2.75) is 6.42 Å². The Bertz CT molecular complexity index is 414. The van der Waals surface area contributed by atoms with Gasteiger partial charge in [-0.15, -0.1) is 11.6 Å². The third-order valence-corrected chi connectivity index (χ3v) is 1.88. The number of nitrogens with zero attached hydrogens (tertiary/aromatic N) is 1. The van der Waals surface area contributed by atoms with Crippen LogP contribution in [0.4, 0.5) is 10.1 Å². The molecule has 1 amide bonds. The van der Waals surface area contributed by atoms with Crippen LogP contribution in [-0.2, 0) is 4.79 Å². The lowest BCUT2D eigenvalue weighted by Gasteiger charge is -2.04. The van der Waals surface area contributed by atoms with E-state index in [9.17, 15) is 9.18 Å². The minimum atomic E-state index is -0.628. The zero-order valence-electron chi connectivity index (χ0n) is 7.76. The van der Waals surface area contributed by atoms with Gasteiger partial charge in [0.2, 0.25) is 5.91 Å². The van der Waals surface area contributed by atoms with Gasteiger partial charge in [-0.05, 0) is 18.2 Å². The summed E-state index contributed by atoms with van der Waals surface area (Å²) in [6.07, 6.45) is 0.126. The number of hydrogen-bond acceptors (Lipinski definition) is 2. The summed E-state index contributed by atoms with van der Waals surface area (Å²) >= 11 is 5.35. The number of halogens is 2. The summed E-state index contributed by atoms with van der Waals surface area (Å²) in [6.45, 7) is 0. The largest absolute Gasteiger partial charge is 0.324 e. The average molecular weight is 227 g/mol. The van der Waals surface area contributed by atoms with E-state index in [-0.39, 0.29) is 29.5 Å². The van der Waals surface area contributed by atoms with Gasteiger partial charge in [0.1, 0.15) is 5.82 Å². The molecule has 0 atom stereocenters. The number of rotatable bonds is 3. The predicted octanol–water partition coefficient (Wildman–Crippen LogP) is 2.26.